The number of hydrogen-bond donors (Lipinski definition) is 2. The Morgan fingerprint density at radius 1 is 1.00 bits per heavy atom. The molecular weight excluding hydrogens is 469 g/mol. The number of aromatic nitrogens is 1. The summed E-state index contributed by atoms with van der Waals surface area (Å²) in [5.41, 5.74) is 2.22. The van der Waals surface area contributed by atoms with E-state index in [9.17, 15) is 36.0 Å². The van der Waals surface area contributed by atoms with E-state index in [2.05, 4.69) is 20.5 Å². The van der Waals surface area contributed by atoms with Crippen LogP contribution in [-0.2, 0) is 12.4 Å². The molecule has 0 amide bonds. The van der Waals surface area contributed by atoms with E-state index in [0.29, 0.717) is 0 Å². The maximum atomic E-state index is 13.3. The van der Waals surface area contributed by atoms with Crippen LogP contribution in [0.1, 0.15) is 22.3 Å². The molecule has 1 heterocycles. The van der Waals surface area contributed by atoms with Crippen LogP contribution in [-0.4, -0.2) is 4.98 Å². The number of azo groups is 1. The predicted octanol–water partition coefficient (Wildman–Crippen LogP) is 7.18. The number of nitrogens with one attached hydrogen (secondary N) is 1. The summed E-state index contributed by atoms with van der Waals surface area (Å²) in [6.07, 6.45) is -9.58. The molecule has 0 spiro atoms. The van der Waals surface area contributed by atoms with E-state index in [0.717, 1.165) is 30.3 Å². The maximum absolute atomic E-state index is 13.3. The highest BCUT2D eigenvalue weighted by atomic mass is 19.4. The first-order valence-corrected chi connectivity index (χ1v) is 9.24. The van der Waals surface area contributed by atoms with Crippen molar-refractivity contribution in [2.45, 2.75) is 19.3 Å². The summed E-state index contributed by atoms with van der Waals surface area (Å²) < 4.78 is 92.2. The number of benzene rings is 2. The molecule has 34 heavy (non-hydrogen) atoms. The predicted molar refractivity (Wildman–Crippen MR) is 108 cm³/mol. The summed E-state index contributed by atoms with van der Waals surface area (Å²) in [6.45, 7) is 1.36. The third-order valence-electron chi connectivity index (χ3n) is 4.53. The molecule has 176 valence electrons. The standard InChI is InChI=1S/C21H13F7N6/c1-10-14(9-29)18(30)32-19(31-13-4-2-3-11(7-13)20(23,24)25)17(10)34-33-16-6-5-12(22)8-15(16)21(26,27)28/h2-8H,1H3,(H3,30,31,32). The van der Waals surface area contributed by atoms with Gasteiger partial charge in [0.15, 0.2) is 5.82 Å². The third kappa shape index (κ3) is 5.22. The van der Waals surface area contributed by atoms with Gasteiger partial charge in [0.2, 0.25) is 0 Å². The molecule has 0 aliphatic rings. The first kappa shape index (κ1) is 24.4. The van der Waals surface area contributed by atoms with Gasteiger partial charge in [0.05, 0.1) is 22.4 Å². The number of anilines is 3. The molecule has 0 saturated heterocycles. The Bertz CT molecular complexity index is 1310. The fourth-order valence-electron chi connectivity index (χ4n) is 2.90. The molecule has 0 unspecified atom stereocenters. The van der Waals surface area contributed by atoms with Crippen molar-refractivity contribution in [2.24, 2.45) is 10.2 Å². The van der Waals surface area contributed by atoms with Crippen molar-refractivity contribution in [3.63, 3.8) is 0 Å². The van der Waals surface area contributed by atoms with Gasteiger partial charge in [0.25, 0.3) is 0 Å². The van der Waals surface area contributed by atoms with Crippen molar-refractivity contribution in [1.29, 1.82) is 5.26 Å². The Hall–Kier alpha value is -4.21. The number of nitrogens with two attached hydrogens (primary N) is 1. The molecule has 0 saturated carbocycles. The van der Waals surface area contributed by atoms with Gasteiger partial charge in [-0.1, -0.05) is 6.07 Å². The average molecular weight is 482 g/mol. The Balaban J connectivity index is 2.13. The van der Waals surface area contributed by atoms with Crippen LogP contribution in [0.15, 0.2) is 52.7 Å². The van der Waals surface area contributed by atoms with Gasteiger partial charge in [0.1, 0.15) is 23.4 Å². The van der Waals surface area contributed by atoms with Crippen molar-refractivity contribution in [1.82, 2.24) is 4.98 Å². The number of nitrogens with zero attached hydrogens (tertiary/aromatic N) is 4. The second-order valence-corrected chi connectivity index (χ2v) is 6.87. The Kier molecular flexibility index (Phi) is 6.45. The molecule has 0 radical (unpaired) electrons. The van der Waals surface area contributed by atoms with Crippen LogP contribution in [0.2, 0.25) is 0 Å². The smallest absolute Gasteiger partial charge is 0.383 e. The normalized spacial score (nSPS) is 12.1. The molecule has 1 aromatic heterocycles. The molecule has 3 rings (SSSR count). The molecule has 6 nitrogen and oxygen atoms in total. The highest BCUT2D eigenvalue weighted by molar-refractivity contribution is 5.77. The average Bonchev–Trinajstić information content (AvgIpc) is 2.73. The topological polar surface area (TPSA) is 99.5 Å². The lowest BCUT2D eigenvalue weighted by Crippen LogP contribution is -2.06. The van der Waals surface area contributed by atoms with Crippen LogP contribution >= 0.6 is 0 Å². The van der Waals surface area contributed by atoms with E-state index in [1.165, 1.54) is 13.0 Å². The first-order chi connectivity index (χ1) is 15.8. The molecule has 0 aliphatic heterocycles. The second-order valence-electron chi connectivity index (χ2n) is 6.87. The summed E-state index contributed by atoms with van der Waals surface area (Å²) in [5.74, 6) is -1.69. The molecule has 0 atom stereocenters. The van der Waals surface area contributed by atoms with Crippen molar-refractivity contribution < 1.29 is 30.7 Å². The van der Waals surface area contributed by atoms with Crippen LogP contribution in [0.4, 0.5) is 59.4 Å². The third-order valence-corrected chi connectivity index (χ3v) is 4.53. The van der Waals surface area contributed by atoms with Crippen LogP contribution in [0, 0.1) is 24.1 Å². The fraction of sp³-hybridized carbons (Fsp3) is 0.143. The molecule has 3 aromatic rings. The van der Waals surface area contributed by atoms with Crippen molar-refractivity contribution in [3.8, 4) is 6.07 Å². The van der Waals surface area contributed by atoms with Gasteiger partial charge in [-0.15, -0.1) is 10.2 Å². The summed E-state index contributed by atoms with van der Waals surface area (Å²) in [6, 6.07) is 7.53. The summed E-state index contributed by atoms with van der Waals surface area (Å²) in [4.78, 5) is 3.92. The zero-order valence-corrected chi connectivity index (χ0v) is 17.1. The van der Waals surface area contributed by atoms with E-state index in [-0.39, 0.29) is 40.2 Å². The lowest BCUT2D eigenvalue weighted by atomic mass is 10.1. The van der Waals surface area contributed by atoms with Gasteiger partial charge in [-0.2, -0.15) is 31.6 Å². The molecule has 0 fully saturated rings. The second kappa shape index (κ2) is 8.97. The van der Waals surface area contributed by atoms with Crippen molar-refractivity contribution in [3.05, 3.63) is 70.5 Å². The largest absolute Gasteiger partial charge is 0.418 e. The summed E-state index contributed by atoms with van der Waals surface area (Å²) in [7, 11) is 0. The van der Waals surface area contributed by atoms with E-state index >= 15 is 0 Å². The van der Waals surface area contributed by atoms with E-state index in [1.807, 2.05) is 0 Å². The lowest BCUT2D eigenvalue weighted by Gasteiger charge is -2.14. The molecule has 3 N–H and O–H groups in total. The minimum atomic E-state index is -4.94. The lowest BCUT2D eigenvalue weighted by molar-refractivity contribution is -0.138. The fourth-order valence-corrected chi connectivity index (χ4v) is 2.90. The monoisotopic (exact) mass is 482 g/mol. The number of nitrogen functional groups attached to an aromatic ring is 1. The summed E-state index contributed by atoms with van der Waals surface area (Å²) in [5, 5.41) is 19.2. The van der Waals surface area contributed by atoms with Crippen molar-refractivity contribution in [2.75, 3.05) is 11.1 Å². The van der Waals surface area contributed by atoms with Gasteiger partial charge in [0, 0.05) is 11.3 Å². The number of nitriles is 1. The van der Waals surface area contributed by atoms with E-state index in [4.69, 9.17) is 5.73 Å². The van der Waals surface area contributed by atoms with Crippen molar-refractivity contribution >= 4 is 28.7 Å². The van der Waals surface area contributed by atoms with Crippen LogP contribution in [0.3, 0.4) is 0 Å². The SMILES string of the molecule is Cc1c(C#N)c(N)nc(Nc2cccc(C(F)(F)F)c2)c1N=Nc1ccc(F)cc1C(F)(F)F. The Morgan fingerprint density at radius 2 is 1.71 bits per heavy atom. The van der Waals surface area contributed by atoms with Gasteiger partial charge >= 0.3 is 12.4 Å². The molecule has 13 heteroatoms. The first-order valence-electron chi connectivity index (χ1n) is 9.24. The quantitative estimate of drug-likeness (QED) is 0.304. The van der Waals surface area contributed by atoms with Gasteiger partial charge in [-0.05, 0) is 43.3 Å². The van der Waals surface area contributed by atoms with Crippen LogP contribution in [0.5, 0.6) is 0 Å². The Morgan fingerprint density at radius 3 is 2.32 bits per heavy atom. The number of hydrogen-bond acceptors (Lipinski definition) is 6. The van der Waals surface area contributed by atoms with E-state index in [1.54, 1.807) is 6.07 Å². The van der Waals surface area contributed by atoms with Gasteiger partial charge in [-0.25, -0.2) is 9.37 Å². The summed E-state index contributed by atoms with van der Waals surface area (Å²) >= 11 is 0. The Labute approximate surface area is 187 Å². The maximum Gasteiger partial charge on any atom is 0.418 e. The highest BCUT2D eigenvalue weighted by Crippen LogP contribution is 2.40. The molecule has 2 aromatic carbocycles. The number of pyridine rings is 1. The minimum Gasteiger partial charge on any atom is -0.383 e. The number of alkyl halides is 6. The van der Waals surface area contributed by atoms with Gasteiger partial charge in [-0.3, -0.25) is 0 Å². The molecule has 0 bridgehead atoms. The molecule has 0 aliphatic carbocycles. The van der Waals surface area contributed by atoms with E-state index < -0.39 is 35.0 Å². The number of halogens is 7. The zero-order valence-electron chi connectivity index (χ0n) is 17.1. The minimum absolute atomic E-state index is 0.0592. The van der Waals surface area contributed by atoms with Gasteiger partial charge < -0.3 is 11.1 Å². The highest BCUT2D eigenvalue weighted by Gasteiger charge is 2.34. The molecular formula is C21H13F7N6. The zero-order chi connectivity index (χ0) is 25.3. The van der Waals surface area contributed by atoms with Crippen LogP contribution < -0.4 is 11.1 Å². The number of rotatable bonds is 4. The van der Waals surface area contributed by atoms with Crippen LogP contribution in [0.25, 0.3) is 0 Å².